The summed E-state index contributed by atoms with van der Waals surface area (Å²) in [5, 5.41) is 19.4. The predicted molar refractivity (Wildman–Crippen MR) is 105 cm³/mol. The summed E-state index contributed by atoms with van der Waals surface area (Å²) in [6, 6.07) is 16.7. The fraction of sp³-hybridized carbons (Fsp3) is 0.0500. The molecule has 0 fully saturated rings. The molecule has 0 radical (unpaired) electrons. The third kappa shape index (κ3) is 3.50. The van der Waals surface area contributed by atoms with Gasteiger partial charge >= 0.3 is 0 Å². The van der Waals surface area contributed by atoms with Crippen LogP contribution in [0.15, 0.2) is 60.9 Å². The highest BCUT2D eigenvalue weighted by Gasteiger charge is 2.09. The number of nitrogens with one attached hydrogen (secondary N) is 2. The van der Waals surface area contributed by atoms with Crippen molar-refractivity contribution < 1.29 is 4.79 Å². The first kappa shape index (κ1) is 17.2. The van der Waals surface area contributed by atoms with E-state index in [-0.39, 0.29) is 5.91 Å². The predicted octanol–water partition coefficient (Wildman–Crippen LogP) is 3.36. The Kier molecular flexibility index (Phi) is 4.40. The maximum Gasteiger partial charge on any atom is 0.247 e. The first-order valence-electron chi connectivity index (χ1n) is 8.49. The summed E-state index contributed by atoms with van der Waals surface area (Å²) in [6.07, 6.45) is 3.41. The lowest BCUT2D eigenvalue weighted by molar-refractivity contribution is -0.114. The molecule has 28 heavy (non-hydrogen) atoms. The summed E-state index contributed by atoms with van der Waals surface area (Å²) in [5.74, 6) is 0.260. The Morgan fingerprint density at radius 3 is 2.68 bits per heavy atom. The lowest BCUT2D eigenvalue weighted by Gasteiger charge is -2.04. The molecular weight excluding hydrogens is 354 g/mol. The Balaban J connectivity index is 1.61. The lowest BCUT2D eigenvalue weighted by atomic mass is 10.1. The minimum absolute atomic E-state index is 0.118. The molecule has 0 bridgehead atoms. The van der Waals surface area contributed by atoms with Gasteiger partial charge in [0, 0.05) is 18.2 Å². The molecule has 2 aromatic heterocycles. The van der Waals surface area contributed by atoms with E-state index in [0.717, 1.165) is 16.9 Å². The van der Waals surface area contributed by atoms with Crippen LogP contribution in [0.1, 0.15) is 12.5 Å². The van der Waals surface area contributed by atoms with Gasteiger partial charge in [-0.1, -0.05) is 24.3 Å². The number of nitrogens with zero attached hydrogens (tertiary/aromatic N) is 5. The van der Waals surface area contributed by atoms with Crippen molar-refractivity contribution in [2.75, 3.05) is 10.6 Å². The van der Waals surface area contributed by atoms with Gasteiger partial charge in [0.05, 0.1) is 29.3 Å². The molecule has 4 aromatic rings. The topological polar surface area (TPSA) is 108 Å². The number of rotatable bonds is 4. The highest BCUT2D eigenvalue weighted by atomic mass is 16.1. The molecule has 136 valence electrons. The van der Waals surface area contributed by atoms with Crippen molar-refractivity contribution in [2.24, 2.45) is 0 Å². The van der Waals surface area contributed by atoms with Gasteiger partial charge in [-0.25, -0.2) is 4.52 Å². The molecule has 0 saturated heterocycles. The zero-order chi connectivity index (χ0) is 19.5. The van der Waals surface area contributed by atoms with Crippen molar-refractivity contribution in [3.8, 4) is 17.3 Å². The number of amides is 1. The molecule has 0 spiro atoms. The molecule has 0 aliphatic carbocycles. The summed E-state index contributed by atoms with van der Waals surface area (Å²) in [4.78, 5) is 19.9. The molecule has 2 heterocycles. The number of aromatic nitrogens is 4. The van der Waals surface area contributed by atoms with Crippen molar-refractivity contribution in [1.29, 1.82) is 5.26 Å². The van der Waals surface area contributed by atoms with Gasteiger partial charge in [-0.3, -0.25) is 9.78 Å². The Morgan fingerprint density at radius 1 is 1.14 bits per heavy atom. The molecule has 0 aliphatic heterocycles. The van der Waals surface area contributed by atoms with Crippen LogP contribution in [-0.4, -0.2) is 25.5 Å². The van der Waals surface area contributed by atoms with Gasteiger partial charge in [-0.05, 0) is 24.3 Å². The van der Waals surface area contributed by atoms with Gasteiger partial charge < -0.3 is 10.6 Å². The molecule has 8 nitrogen and oxygen atoms in total. The molecule has 0 aliphatic rings. The first-order chi connectivity index (χ1) is 13.6. The Labute approximate surface area is 160 Å². The zero-order valence-electron chi connectivity index (χ0n) is 14.9. The third-order valence-corrected chi connectivity index (χ3v) is 4.02. The maximum absolute atomic E-state index is 11.1. The zero-order valence-corrected chi connectivity index (χ0v) is 14.9. The molecule has 0 unspecified atom stereocenters. The van der Waals surface area contributed by atoms with E-state index in [1.807, 2.05) is 30.3 Å². The van der Waals surface area contributed by atoms with Gasteiger partial charge in [0.1, 0.15) is 6.07 Å². The standard InChI is InChI=1S/C20H15N7O/c1-13(28)23-16-8-6-14(7-9-16)18-12-27-19(11-22-18)25-20(26-27)24-17-5-3-2-4-15(17)10-21/h2-9,11-12H,1H3,(H,23,28)(H,24,26). The molecule has 2 aromatic carbocycles. The Morgan fingerprint density at radius 2 is 1.93 bits per heavy atom. The number of carbonyl (C=O) groups is 1. The van der Waals surface area contributed by atoms with E-state index in [2.05, 4.69) is 31.8 Å². The molecule has 0 atom stereocenters. The van der Waals surface area contributed by atoms with Gasteiger partial charge in [-0.15, -0.1) is 5.10 Å². The number of benzene rings is 2. The minimum Gasteiger partial charge on any atom is -0.326 e. The normalized spacial score (nSPS) is 10.4. The second kappa shape index (κ2) is 7.17. The number of hydrogen-bond donors (Lipinski definition) is 2. The largest absolute Gasteiger partial charge is 0.326 e. The van der Waals surface area contributed by atoms with Crippen LogP contribution in [0.2, 0.25) is 0 Å². The molecule has 0 saturated carbocycles. The van der Waals surface area contributed by atoms with Crippen molar-refractivity contribution >= 4 is 28.9 Å². The second-order valence-electron chi connectivity index (χ2n) is 6.05. The van der Waals surface area contributed by atoms with Crippen LogP contribution in [0.25, 0.3) is 16.9 Å². The van der Waals surface area contributed by atoms with E-state index in [4.69, 9.17) is 0 Å². The second-order valence-corrected chi connectivity index (χ2v) is 6.05. The van der Waals surface area contributed by atoms with Gasteiger partial charge in [0.2, 0.25) is 11.9 Å². The molecule has 1 amide bonds. The quantitative estimate of drug-likeness (QED) is 0.571. The average Bonchev–Trinajstić information content (AvgIpc) is 3.10. The SMILES string of the molecule is CC(=O)Nc1ccc(-c2cn3nc(Nc4ccccc4C#N)nc3cn2)cc1. The summed E-state index contributed by atoms with van der Waals surface area (Å²) >= 11 is 0. The highest BCUT2D eigenvalue weighted by molar-refractivity contribution is 5.88. The van der Waals surface area contributed by atoms with Crippen molar-refractivity contribution in [3.63, 3.8) is 0 Å². The third-order valence-electron chi connectivity index (χ3n) is 4.02. The number of hydrogen-bond acceptors (Lipinski definition) is 6. The van der Waals surface area contributed by atoms with Crippen molar-refractivity contribution in [2.45, 2.75) is 6.92 Å². The fourth-order valence-corrected chi connectivity index (χ4v) is 2.73. The van der Waals surface area contributed by atoms with Crippen LogP contribution in [0.4, 0.5) is 17.3 Å². The van der Waals surface area contributed by atoms with Crippen LogP contribution in [0.3, 0.4) is 0 Å². The Hall–Kier alpha value is -4.25. The lowest BCUT2D eigenvalue weighted by Crippen LogP contribution is -2.05. The van der Waals surface area contributed by atoms with Crippen LogP contribution < -0.4 is 10.6 Å². The molecule has 4 rings (SSSR count). The van der Waals surface area contributed by atoms with Crippen LogP contribution >= 0.6 is 0 Å². The number of nitriles is 1. The number of fused-ring (bicyclic) bond motifs is 1. The minimum atomic E-state index is -0.118. The molecule has 8 heteroatoms. The number of carbonyl (C=O) groups excluding carboxylic acids is 1. The summed E-state index contributed by atoms with van der Waals surface area (Å²) in [6.45, 7) is 1.47. The van der Waals surface area contributed by atoms with E-state index in [1.165, 1.54) is 6.92 Å². The highest BCUT2D eigenvalue weighted by Crippen LogP contribution is 2.21. The number of para-hydroxylation sites is 1. The molecular formula is C20H15N7O. The number of anilines is 3. The van der Waals surface area contributed by atoms with Crippen LogP contribution in [0.5, 0.6) is 0 Å². The Bertz CT molecular complexity index is 1210. The van der Waals surface area contributed by atoms with E-state index < -0.39 is 0 Å². The van der Waals surface area contributed by atoms with E-state index in [0.29, 0.717) is 22.8 Å². The van der Waals surface area contributed by atoms with Crippen LogP contribution in [-0.2, 0) is 4.79 Å². The molecule has 2 N–H and O–H groups in total. The van der Waals surface area contributed by atoms with Gasteiger partial charge in [-0.2, -0.15) is 10.2 Å². The van der Waals surface area contributed by atoms with Gasteiger partial charge in [0.25, 0.3) is 0 Å². The summed E-state index contributed by atoms with van der Waals surface area (Å²) in [5.41, 5.74) is 4.06. The maximum atomic E-state index is 11.1. The summed E-state index contributed by atoms with van der Waals surface area (Å²) in [7, 11) is 0. The van der Waals surface area contributed by atoms with Crippen molar-refractivity contribution in [1.82, 2.24) is 19.6 Å². The van der Waals surface area contributed by atoms with Crippen LogP contribution in [0, 0.1) is 11.3 Å². The summed E-state index contributed by atoms with van der Waals surface area (Å²) < 4.78 is 1.63. The average molecular weight is 369 g/mol. The van der Waals surface area contributed by atoms with Crippen molar-refractivity contribution in [3.05, 3.63) is 66.5 Å². The smallest absolute Gasteiger partial charge is 0.247 e. The van der Waals surface area contributed by atoms with E-state index in [1.54, 1.807) is 35.1 Å². The monoisotopic (exact) mass is 369 g/mol. The fourth-order valence-electron chi connectivity index (χ4n) is 2.73. The van der Waals surface area contributed by atoms with E-state index >= 15 is 0 Å². The first-order valence-corrected chi connectivity index (χ1v) is 8.49. The van der Waals surface area contributed by atoms with E-state index in [9.17, 15) is 10.1 Å². The van der Waals surface area contributed by atoms with Gasteiger partial charge in [0.15, 0.2) is 5.65 Å².